The third-order valence-corrected chi connectivity index (χ3v) is 4.20. The Balaban J connectivity index is 1.56. The van der Waals surface area contributed by atoms with Gasteiger partial charge in [-0.05, 0) is 51.9 Å². The summed E-state index contributed by atoms with van der Waals surface area (Å²) < 4.78 is 5.40. The minimum absolute atomic E-state index is 0.434. The molecule has 0 amide bonds. The van der Waals surface area contributed by atoms with Crippen molar-refractivity contribution in [2.75, 3.05) is 33.2 Å². The molecule has 3 heterocycles. The van der Waals surface area contributed by atoms with E-state index in [1.165, 1.54) is 25.9 Å². The van der Waals surface area contributed by atoms with Crippen LogP contribution >= 0.6 is 0 Å². The molecule has 1 aromatic heterocycles. The summed E-state index contributed by atoms with van der Waals surface area (Å²) in [6.07, 6.45) is 4.62. The van der Waals surface area contributed by atoms with Gasteiger partial charge in [-0.3, -0.25) is 0 Å². The molecule has 0 bridgehead atoms. The molecule has 2 aliphatic heterocycles. The lowest BCUT2D eigenvalue weighted by Crippen LogP contribution is -2.31. The highest BCUT2D eigenvalue weighted by molar-refractivity contribution is 4.98. The van der Waals surface area contributed by atoms with Crippen molar-refractivity contribution in [1.29, 1.82) is 0 Å². The maximum Gasteiger partial charge on any atom is 0.231 e. The minimum atomic E-state index is 0.434. The Kier molecular flexibility index (Phi) is 3.61. The van der Waals surface area contributed by atoms with Crippen LogP contribution in [0.4, 0.5) is 0 Å². The molecular weight excluding hydrogens is 228 g/mol. The first kappa shape index (κ1) is 12.1. The number of hydrogen-bond acceptors (Lipinski definition) is 5. The molecule has 5 heteroatoms. The van der Waals surface area contributed by atoms with Crippen molar-refractivity contribution in [1.82, 2.24) is 20.4 Å². The van der Waals surface area contributed by atoms with E-state index in [1.807, 2.05) is 0 Å². The molecule has 100 valence electrons. The topological polar surface area (TPSA) is 54.2 Å². The van der Waals surface area contributed by atoms with Crippen molar-refractivity contribution >= 4 is 0 Å². The fourth-order valence-electron chi connectivity index (χ4n) is 2.91. The average Bonchev–Trinajstić information content (AvgIpc) is 3.02. The molecule has 2 fully saturated rings. The van der Waals surface area contributed by atoms with Gasteiger partial charge in [0.2, 0.25) is 5.89 Å². The Morgan fingerprint density at radius 3 is 2.89 bits per heavy atom. The summed E-state index contributed by atoms with van der Waals surface area (Å²) >= 11 is 0. The zero-order valence-corrected chi connectivity index (χ0v) is 11.1. The number of likely N-dealkylation sites (tertiary alicyclic amines) is 1. The predicted molar refractivity (Wildman–Crippen MR) is 68.5 cm³/mol. The highest BCUT2D eigenvalue weighted by Gasteiger charge is 2.24. The van der Waals surface area contributed by atoms with Crippen LogP contribution in [-0.2, 0) is 6.42 Å². The SMILES string of the molecule is CN1CCC(Cc2noc(C3CCNC3)n2)CC1. The van der Waals surface area contributed by atoms with E-state index in [4.69, 9.17) is 4.52 Å². The molecule has 0 saturated carbocycles. The Hall–Kier alpha value is -0.940. The molecule has 5 nitrogen and oxygen atoms in total. The largest absolute Gasteiger partial charge is 0.339 e. The molecule has 18 heavy (non-hydrogen) atoms. The van der Waals surface area contributed by atoms with Gasteiger partial charge in [0, 0.05) is 13.0 Å². The summed E-state index contributed by atoms with van der Waals surface area (Å²) in [5, 5.41) is 7.48. The number of hydrogen-bond donors (Lipinski definition) is 1. The van der Waals surface area contributed by atoms with Gasteiger partial charge in [0.15, 0.2) is 5.82 Å². The molecule has 1 unspecified atom stereocenters. The number of piperidine rings is 1. The highest BCUT2D eigenvalue weighted by atomic mass is 16.5. The van der Waals surface area contributed by atoms with Crippen molar-refractivity contribution < 1.29 is 4.52 Å². The molecule has 3 rings (SSSR count). The lowest BCUT2D eigenvalue weighted by Gasteiger charge is -2.28. The van der Waals surface area contributed by atoms with Gasteiger partial charge in [-0.2, -0.15) is 4.98 Å². The fraction of sp³-hybridized carbons (Fsp3) is 0.846. The molecule has 1 N–H and O–H groups in total. The smallest absolute Gasteiger partial charge is 0.231 e. The number of aromatic nitrogens is 2. The standard InChI is InChI=1S/C13H22N4O/c1-17-6-3-10(4-7-17)8-12-15-13(18-16-12)11-2-5-14-9-11/h10-11,14H,2-9H2,1H3. The lowest BCUT2D eigenvalue weighted by atomic mass is 9.93. The highest BCUT2D eigenvalue weighted by Crippen LogP contribution is 2.23. The first-order chi connectivity index (χ1) is 8.81. The molecule has 1 aromatic rings. The van der Waals surface area contributed by atoms with Crippen molar-refractivity contribution in [3.63, 3.8) is 0 Å². The molecular formula is C13H22N4O. The van der Waals surface area contributed by atoms with E-state index in [2.05, 4.69) is 27.4 Å². The Morgan fingerprint density at radius 1 is 1.33 bits per heavy atom. The Bertz CT molecular complexity index is 378. The van der Waals surface area contributed by atoms with Gasteiger partial charge in [0.25, 0.3) is 0 Å². The number of rotatable bonds is 3. The van der Waals surface area contributed by atoms with Crippen LogP contribution in [-0.4, -0.2) is 48.3 Å². The van der Waals surface area contributed by atoms with E-state index in [0.717, 1.165) is 43.6 Å². The molecule has 2 aliphatic rings. The van der Waals surface area contributed by atoms with E-state index in [1.54, 1.807) is 0 Å². The quantitative estimate of drug-likeness (QED) is 0.868. The lowest BCUT2D eigenvalue weighted by molar-refractivity contribution is 0.216. The van der Waals surface area contributed by atoms with Gasteiger partial charge < -0.3 is 14.7 Å². The average molecular weight is 250 g/mol. The maximum atomic E-state index is 5.40. The normalized spacial score (nSPS) is 26.8. The predicted octanol–water partition coefficient (Wildman–Crippen LogP) is 1.03. The molecule has 1 atom stereocenters. The van der Waals surface area contributed by atoms with Crippen LogP contribution in [0.2, 0.25) is 0 Å². The van der Waals surface area contributed by atoms with Crippen LogP contribution in [0.5, 0.6) is 0 Å². The Labute approximate surface area is 108 Å². The van der Waals surface area contributed by atoms with E-state index >= 15 is 0 Å². The monoisotopic (exact) mass is 250 g/mol. The van der Waals surface area contributed by atoms with Crippen molar-refractivity contribution in [2.24, 2.45) is 5.92 Å². The second-order valence-corrected chi connectivity index (χ2v) is 5.69. The zero-order chi connectivity index (χ0) is 12.4. The first-order valence-corrected chi connectivity index (χ1v) is 7.03. The summed E-state index contributed by atoms with van der Waals surface area (Å²) in [6, 6.07) is 0. The van der Waals surface area contributed by atoms with Gasteiger partial charge in [-0.1, -0.05) is 5.16 Å². The summed E-state index contributed by atoms with van der Waals surface area (Å²) in [5.41, 5.74) is 0. The number of nitrogens with one attached hydrogen (secondary N) is 1. The van der Waals surface area contributed by atoms with E-state index in [9.17, 15) is 0 Å². The van der Waals surface area contributed by atoms with E-state index < -0.39 is 0 Å². The third kappa shape index (κ3) is 2.72. The summed E-state index contributed by atoms with van der Waals surface area (Å²) in [7, 11) is 2.19. The summed E-state index contributed by atoms with van der Waals surface area (Å²) in [6.45, 7) is 4.44. The molecule has 0 aromatic carbocycles. The van der Waals surface area contributed by atoms with Crippen LogP contribution in [0, 0.1) is 5.92 Å². The van der Waals surface area contributed by atoms with Crippen LogP contribution < -0.4 is 5.32 Å². The molecule has 0 radical (unpaired) electrons. The second-order valence-electron chi connectivity index (χ2n) is 5.69. The minimum Gasteiger partial charge on any atom is -0.339 e. The maximum absolute atomic E-state index is 5.40. The summed E-state index contributed by atoms with van der Waals surface area (Å²) in [4.78, 5) is 6.97. The molecule has 2 saturated heterocycles. The fourth-order valence-corrected chi connectivity index (χ4v) is 2.91. The van der Waals surface area contributed by atoms with Gasteiger partial charge in [-0.25, -0.2) is 0 Å². The zero-order valence-electron chi connectivity index (χ0n) is 11.1. The molecule has 0 aliphatic carbocycles. The van der Waals surface area contributed by atoms with Crippen LogP contribution in [0.25, 0.3) is 0 Å². The Morgan fingerprint density at radius 2 is 2.17 bits per heavy atom. The first-order valence-electron chi connectivity index (χ1n) is 7.03. The second kappa shape index (κ2) is 5.36. The van der Waals surface area contributed by atoms with Crippen molar-refractivity contribution in [2.45, 2.75) is 31.6 Å². The van der Waals surface area contributed by atoms with Crippen molar-refractivity contribution in [3.8, 4) is 0 Å². The van der Waals surface area contributed by atoms with E-state index in [-0.39, 0.29) is 0 Å². The third-order valence-electron chi connectivity index (χ3n) is 4.20. The van der Waals surface area contributed by atoms with Gasteiger partial charge in [0.05, 0.1) is 5.92 Å². The van der Waals surface area contributed by atoms with Crippen molar-refractivity contribution in [3.05, 3.63) is 11.7 Å². The van der Waals surface area contributed by atoms with Crippen LogP contribution in [0.1, 0.15) is 36.9 Å². The molecule has 0 spiro atoms. The van der Waals surface area contributed by atoms with Crippen LogP contribution in [0.15, 0.2) is 4.52 Å². The van der Waals surface area contributed by atoms with Gasteiger partial charge >= 0.3 is 0 Å². The summed E-state index contributed by atoms with van der Waals surface area (Å²) in [5.74, 6) is 2.91. The van der Waals surface area contributed by atoms with Crippen LogP contribution in [0.3, 0.4) is 0 Å². The van der Waals surface area contributed by atoms with E-state index in [0.29, 0.717) is 5.92 Å². The van der Waals surface area contributed by atoms with Gasteiger partial charge in [-0.15, -0.1) is 0 Å². The van der Waals surface area contributed by atoms with Gasteiger partial charge in [0.1, 0.15) is 0 Å². The number of nitrogens with zero attached hydrogens (tertiary/aromatic N) is 3.